The van der Waals surface area contributed by atoms with Crippen LogP contribution >= 0.6 is 0 Å². The third-order valence-corrected chi connectivity index (χ3v) is 7.24. The molecule has 0 aliphatic heterocycles. The first-order valence-corrected chi connectivity index (χ1v) is 8.82. The lowest BCUT2D eigenvalue weighted by Crippen LogP contribution is -2.47. The maximum absolute atomic E-state index is 12.5. The van der Waals surface area contributed by atoms with Gasteiger partial charge in [0.05, 0.1) is 0 Å². The largest absolute Gasteiger partial charge is 0.399 e. The fourth-order valence-electron chi connectivity index (χ4n) is 5.96. The summed E-state index contributed by atoms with van der Waals surface area (Å²) in [5.74, 6) is 1.73. The fourth-order valence-corrected chi connectivity index (χ4v) is 5.96. The quantitative estimate of drug-likeness (QED) is 0.755. The van der Waals surface area contributed by atoms with Crippen molar-refractivity contribution in [3.05, 3.63) is 35.6 Å². The molecular formula is C20H27NO2. The highest BCUT2D eigenvalue weighted by Crippen LogP contribution is 2.62. The molecule has 2 saturated carbocycles. The van der Waals surface area contributed by atoms with E-state index in [2.05, 4.69) is 38.2 Å². The summed E-state index contributed by atoms with van der Waals surface area (Å²) in [7, 11) is 1.69. The number of nitrogens with two attached hydrogens (primary N) is 1. The number of allylic oxidation sites excluding steroid dienone is 5. The zero-order valence-corrected chi connectivity index (χ0v) is 14.3. The van der Waals surface area contributed by atoms with E-state index in [1.54, 1.807) is 12.7 Å². The average Bonchev–Trinajstić information content (AvgIpc) is 2.77. The first-order chi connectivity index (χ1) is 10.9. The second-order valence-electron chi connectivity index (χ2n) is 8.34. The summed E-state index contributed by atoms with van der Waals surface area (Å²) >= 11 is 0. The first-order valence-electron chi connectivity index (χ1n) is 8.82. The summed E-state index contributed by atoms with van der Waals surface area (Å²) in [5, 5.41) is 0. The Labute approximate surface area is 138 Å². The van der Waals surface area contributed by atoms with E-state index in [0.717, 1.165) is 25.0 Å². The van der Waals surface area contributed by atoms with E-state index in [-0.39, 0.29) is 16.9 Å². The molecule has 4 rings (SSSR count). The molecule has 0 saturated heterocycles. The lowest BCUT2D eigenvalue weighted by molar-refractivity contribution is -0.129. The minimum atomic E-state index is -0.228. The molecule has 2 N–H and O–H groups in total. The van der Waals surface area contributed by atoms with Crippen LogP contribution in [0.1, 0.15) is 39.5 Å². The monoisotopic (exact) mass is 313 g/mol. The van der Waals surface area contributed by atoms with Gasteiger partial charge in [0.2, 0.25) is 0 Å². The standard InChI is InChI=1S/C20H27NO2/c1-19-8-6-13(21)10-12(19)4-5-14-15(19)7-9-20(2)16(14)11-17(22)18(20)23-3/h6-8,10,12,14,16,18H,4-5,9,11,21H2,1-3H3/t12-,14-,16+,18+,19+,20+/m1/s1. The van der Waals surface area contributed by atoms with Crippen LogP contribution in [0.5, 0.6) is 0 Å². The maximum atomic E-state index is 12.5. The molecule has 0 amide bonds. The summed E-state index contributed by atoms with van der Waals surface area (Å²) in [5.41, 5.74) is 8.50. The molecule has 3 heteroatoms. The Kier molecular flexibility index (Phi) is 3.19. The van der Waals surface area contributed by atoms with Crippen molar-refractivity contribution in [2.75, 3.05) is 7.11 Å². The lowest BCUT2D eigenvalue weighted by atomic mass is 9.51. The predicted molar refractivity (Wildman–Crippen MR) is 90.4 cm³/mol. The molecule has 0 radical (unpaired) electrons. The Morgan fingerprint density at radius 3 is 2.83 bits per heavy atom. The number of hydrogen-bond donors (Lipinski definition) is 1. The van der Waals surface area contributed by atoms with Gasteiger partial charge in [-0.2, -0.15) is 0 Å². The Balaban J connectivity index is 1.75. The van der Waals surface area contributed by atoms with E-state index >= 15 is 0 Å². The van der Waals surface area contributed by atoms with Crippen molar-refractivity contribution in [3.63, 3.8) is 0 Å². The molecule has 0 aromatic carbocycles. The minimum Gasteiger partial charge on any atom is -0.399 e. The third kappa shape index (κ3) is 1.89. The smallest absolute Gasteiger partial charge is 0.162 e. The number of methoxy groups -OCH3 is 1. The van der Waals surface area contributed by atoms with Crippen LogP contribution in [0.4, 0.5) is 0 Å². The molecule has 23 heavy (non-hydrogen) atoms. The van der Waals surface area contributed by atoms with Crippen molar-refractivity contribution in [2.24, 2.45) is 34.3 Å². The average molecular weight is 313 g/mol. The molecule has 4 aliphatic rings. The number of ether oxygens (including phenoxy) is 1. The van der Waals surface area contributed by atoms with Crippen molar-refractivity contribution >= 4 is 5.78 Å². The van der Waals surface area contributed by atoms with Crippen molar-refractivity contribution in [1.29, 1.82) is 0 Å². The van der Waals surface area contributed by atoms with Gasteiger partial charge in [0.25, 0.3) is 0 Å². The highest BCUT2D eigenvalue weighted by atomic mass is 16.5. The van der Waals surface area contributed by atoms with Crippen LogP contribution in [0, 0.1) is 28.6 Å². The number of carbonyl (C=O) groups is 1. The minimum absolute atomic E-state index is 0.0313. The zero-order valence-electron chi connectivity index (χ0n) is 14.3. The van der Waals surface area contributed by atoms with Crippen LogP contribution in [0.2, 0.25) is 0 Å². The summed E-state index contributed by atoms with van der Waals surface area (Å²) in [6.07, 6.45) is 12.7. The molecule has 0 aromatic rings. The van der Waals surface area contributed by atoms with E-state index in [0.29, 0.717) is 30.0 Å². The summed E-state index contributed by atoms with van der Waals surface area (Å²) in [6.45, 7) is 4.61. The molecular weight excluding hydrogens is 286 g/mol. The van der Waals surface area contributed by atoms with Crippen LogP contribution in [0.3, 0.4) is 0 Å². The van der Waals surface area contributed by atoms with E-state index in [4.69, 9.17) is 10.5 Å². The van der Waals surface area contributed by atoms with Gasteiger partial charge in [-0.1, -0.05) is 37.6 Å². The molecule has 3 nitrogen and oxygen atoms in total. The van der Waals surface area contributed by atoms with E-state index in [1.165, 1.54) is 0 Å². The number of rotatable bonds is 1. The lowest BCUT2D eigenvalue weighted by Gasteiger charge is -2.53. The summed E-state index contributed by atoms with van der Waals surface area (Å²) < 4.78 is 5.60. The van der Waals surface area contributed by atoms with Gasteiger partial charge in [-0.15, -0.1) is 0 Å². The second-order valence-corrected chi connectivity index (χ2v) is 8.34. The first kappa shape index (κ1) is 15.2. The maximum Gasteiger partial charge on any atom is 0.162 e. The van der Waals surface area contributed by atoms with Crippen LogP contribution in [0.15, 0.2) is 35.6 Å². The Bertz CT molecular complexity index is 646. The van der Waals surface area contributed by atoms with E-state index in [9.17, 15) is 4.79 Å². The highest BCUT2D eigenvalue weighted by molar-refractivity contribution is 5.87. The van der Waals surface area contributed by atoms with Crippen molar-refractivity contribution in [1.82, 2.24) is 0 Å². The normalized spacial score (nSPS) is 48.2. The number of ketones is 1. The van der Waals surface area contributed by atoms with Gasteiger partial charge in [0.1, 0.15) is 6.10 Å². The Morgan fingerprint density at radius 2 is 2.09 bits per heavy atom. The molecule has 2 fully saturated rings. The topological polar surface area (TPSA) is 52.3 Å². The van der Waals surface area contributed by atoms with E-state index < -0.39 is 0 Å². The van der Waals surface area contributed by atoms with Crippen molar-refractivity contribution in [2.45, 2.75) is 45.6 Å². The van der Waals surface area contributed by atoms with Crippen LogP contribution in [-0.2, 0) is 9.53 Å². The van der Waals surface area contributed by atoms with Gasteiger partial charge in [0, 0.05) is 30.1 Å². The fraction of sp³-hybridized carbons (Fsp3) is 0.650. The zero-order chi connectivity index (χ0) is 16.4. The van der Waals surface area contributed by atoms with Crippen LogP contribution in [-0.4, -0.2) is 19.0 Å². The van der Waals surface area contributed by atoms with E-state index in [1.807, 2.05) is 0 Å². The Hall–Kier alpha value is -1.35. The second kappa shape index (κ2) is 4.83. The molecule has 124 valence electrons. The molecule has 0 heterocycles. The summed E-state index contributed by atoms with van der Waals surface area (Å²) in [4.78, 5) is 12.5. The molecule has 0 aromatic heterocycles. The number of Topliss-reactive ketones (excluding diaryl/α,β-unsaturated/α-hetero) is 1. The highest BCUT2D eigenvalue weighted by Gasteiger charge is 2.59. The molecule has 4 aliphatic carbocycles. The number of fused-ring (bicyclic) bond motifs is 5. The number of hydrogen-bond acceptors (Lipinski definition) is 3. The van der Waals surface area contributed by atoms with Crippen molar-refractivity contribution in [3.8, 4) is 0 Å². The van der Waals surface area contributed by atoms with Gasteiger partial charge >= 0.3 is 0 Å². The third-order valence-electron chi connectivity index (χ3n) is 7.24. The molecule has 6 atom stereocenters. The SMILES string of the molecule is CO[C@H]1C(=O)C[C@H]2[C@@H]3CC[C@@H]4C=C(N)C=C[C@]4(C)C3=CC[C@]12C. The molecule has 0 unspecified atom stereocenters. The van der Waals surface area contributed by atoms with Crippen LogP contribution in [0.25, 0.3) is 0 Å². The Morgan fingerprint density at radius 1 is 1.30 bits per heavy atom. The van der Waals surface area contributed by atoms with Crippen molar-refractivity contribution < 1.29 is 9.53 Å². The van der Waals surface area contributed by atoms with Gasteiger partial charge in [-0.3, -0.25) is 4.79 Å². The number of carbonyl (C=O) groups excluding carboxylic acids is 1. The molecule has 0 spiro atoms. The van der Waals surface area contributed by atoms with Gasteiger partial charge in [-0.05, 0) is 43.1 Å². The van der Waals surface area contributed by atoms with Gasteiger partial charge in [0.15, 0.2) is 5.78 Å². The van der Waals surface area contributed by atoms with Gasteiger partial charge in [-0.25, -0.2) is 0 Å². The molecule has 0 bridgehead atoms. The predicted octanol–water partition coefficient (Wildman–Crippen LogP) is 3.37. The van der Waals surface area contributed by atoms with Crippen LogP contribution < -0.4 is 5.73 Å². The van der Waals surface area contributed by atoms with Gasteiger partial charge < -0.3 is 10.5 Å². The summed E-state index contributed by atoms with van der Waals surface area (Å²) in [6, 6.07) is 0.